The highest BCUT2D eigenvalue weighted by Gasteiger charge is 2.61. The molecule has 35 heavy (non-hydrogen) atoms. The molecule has 0 radical (unpaired) electrons. The van der Waals surface area contributed by atoms with Crippen LogP contribution < -0.4 is 5.32 Å². The molecule has 2 N–H and O–H groups in total. The van der Waals surface area contributed by atoms with Gasteiger partial charge in [-0.3, -0.25) is 4.79 Å². The third kappa shape index (κ3) is 4.73. The highest BCUT2D eigenvalue weighted by atomic mass is 32.1. The molecule has 0 bridgehead atoms. The van der Waals surface area contributed by atoms with Crippen LogP contribution in [0.15, 0.2) is 48.8 Å². The molecule has 1 amide bonds. The number of benzene rings is 1. The Kier molecular flexibility index (Phi) is 6.80. The van der Waals surface area contributed by atoms with Gasteiger partial charge in [0.1, 0.15) is 21.9 Å². The number of aliphatic hydroxyl groups is 1. The number of alkyl halides is 4. The van der Waals surface area contributed by atoms with Gasteiger partial charge < -0.3 is 15.3 Å². The lowest BCUT2D eigenvalue weighted by molar-refractivity contribution is -0.273. The summed E-state index contributed by atoms with van der Waals surface area (Å²) in [4.78, 5) is 20.9. The molecule has 3 aromatic rings. The lowest BCUT2D eigenvalue weighted by atomic mass is 10.0. The minimum atomic E-state index is -4.27. The molecule has 0 saturated carbocycles. The standard InChI is InChI=1S/C23H23F4N5O2S/c1-31(2)10-6-9-17(34)32-22(24,25)11-15-18-20(30-16(12-33)14-7-4-3-5-8-14)28-13-29-21(18)35-19(15)23(32,26)27/h3-9,13,16,33H,10-12H2,1-2H3,(H,28,29,30)/t16-/m1/s1. The molecule has 1 atom stereocenters. The predicted octanol–water partition coefficient (Wildman–Crippen LogP) is 3.98. The molecule has 0 saturated heterocycles. The van der Waals surface area contributed by atoms with E-state index in [0.717, 1.165) is 12.4 Å². The fourth-order valence-electron chi connectivity index (χ4n) is 3.93. The third-order valence-corrected chi connectivity index (χ3v) is 6.70. The van der Waals surface area contributed by atoms with E-state index in [0.29, 0.717) is 16.9 Å². The molecule has 12 heteroatoms. The van der Waals surface area contributed by atoms with Crippen LogP contribution >= 0.6 is 11.3 Å². The second-order valence-electron chi connectivity index (χ2n) is 8.32. The number of likely N-dealkylation sites (N-methyl/N-ethyl adjacent to an activating group) is 1. The molecule has 3 heterocycles. The van der Waals surface area contributed by atoms with Crippen molar-refractivity contribution < 1.29 is 27.5 Å². The van der Waals surface area contributed by atoms with Gasteiger partial charge in [0.05, 0.1) is 24.5 Å². The Balaban J connectivity index is 1.77. The molecule has 4 rings (SSSR count). The van der Waals surface area contributed by atoms with E-state index in [1.807, 2.05) is 0 Å². The molecule has 0 fully saturated rings. The first-order valence-corrected chi connectivity index (χ1v) is 11.5. The van der Waals surface area contributed by atoms with E-state index in [1.54, 1.807) is 49.3 Å². The highest BCUT2D eigenvalue weighted by molar-refractivity contribution is 7.19. The van der Waals surface area contributed by atoms with Crippen LogP contribution in [0.1, 0.15) is 22.0 Å². The Morgan fingerprint density at radius 3 is 2.63 bits per heavy atom. The van der Waals surface area contributed by atoms with Gasteiger partial charge in [-0.25, -0.2) is 14.9 Å². The van der Waals surface area contributed by atoms with Gasteiger partial charge in [-0.05, 0) is 25.2 Å². The second-order valence-corrected chi connectivity index (χ2v) is 9.32. The van der Waals surface area contributed by atoms with Crippen LogP contribution in [0, 0.1) is 0 Å². The summed E-state index contributed by atoms with van der Waals surface area (Å²) in [6, 6.07) is -0.252. The third-order valence-electron chi connectivity index (χ3n) is 5.50. The summed E-state index contributed by atoms with van der Waals surface area (Å²) in [5.41, 5.74) is 0.372. The van der Waals surface area contributed by atoms with Crippen molar-refractivity contribution in [3.63, 3.8) is 0 Å². The maximum absolute atomic E-state index is 15.4. The van der Waals surface area contributed by atoms with Crippen molar-refractivity contribution >= 4 is 33.3 Å². The lowest BCUT2D eigenvalue weighted by Gasteiger charge is -2.40. The maximum atomic E-state index is 15.4. The van der Waals surface area contributed by atoms with Gasteiger partial charge in [-0.15, -0.1) is 11.3 Å². The van der Waals surface area contributed by atoms with Crippen molar-refractivity contribution in [1.82, 2.24) is 19.8 Å². The first kappa shape index (κ1) is 25.0. The molecule has 0 unspecified atom stereocenters. The number of rotatable bonds is 7. The molecule has 2 aromatic heterocycles. The lowest BCUT2D eigenvalue weighted by Crippen LogP contribution is -2.57. The van der Waals surface area contributed by atoms with Crippen molar-refractivity contribution in [2.75, 3.05) is 32.6 Å². The molecular weight excluding hydrogens is 486 g/mol. The summed E-state index contributed by atoms with van der Waals surface area (Å²) in [6.07, 6.45) is 2.00. The summed E-state index contributed by atoms with van der Waals surface area (Å²) in [7, 11) is 3.38. The molecule has 0 aliphatic carbocycles. The van der Waals surface area contributed by atoms with Gasteiger partial charge in [0.15, 0.2) is 0 Å². The number of aromatic nitrogens is 2. The first-order chi connectivity index (χ1) is 16.6. The Labute approximate surface area is 202 Å². The van der Waals surface area contributed by atoms with Crippen molar-refractivity contribution in [3.8, 4) is 0 Å². The summed E-state index contributed by atoms with van der Waals surface area (Å²) in [5.74, 6) is -1.44. The average Bonchev–Trinajstić information content (AvgIpc) is 3.16. The Hall–Kier alpha value is -3.09. The van der Waals surface area contributed by atoms with E-state index in [4.69, 9.17) is 0 Å². The quantitative estimate of drug-likeness (QED) is 0.285. The zero-order valence-corrected chi connectivity index (χ0v) is 19.7. The first-order valence-electron chi connectivity index (χ1n) is 10.7. The van der Waals surface area contributed by atoms with E-state index in [2.05, 4.69) is 15.3 Å². The largest absolute Gasteiger partial charge is 0.394 e. The highest BCUT2D eigenvalue weighted by Crippen LogP contribution is 2.53. The minimum absolute atomic E-state index is 0.0245. The van der Waals surface area contributed by atoms with Crippen LogP contribution in [-0.2, 0) is 17.3 Å². The van der Waals surface area contributed by atoms with E-state index >= 15 is 17.6 Å². The molecular formula is C23H23F4N5O2S. The van der Waals surface area contributed by atoms with Crippen LogP contribution in [-0.4, -0.2) is 64.1 Å². The van der Waals surface area contributed by atoms with E-state index in [9.17, 15) is 9.90 Å². The Bertz CT molecular complexity index is 1250. The molecule has 1 aromatic carbocycles. The number of nitrogens with one attached hydrogen (secondary N) is 1. The second kappa shape index (κ2) is 9.51. The number of hydrogen-bond donors (Lipinski definition) is 2. The smallest absolute Gasteiger partial charge is 0.369 e. The topological polar surface area (TPSA) is 81.6 Å². The van der Waals surface area contributed by atoms with Crippen LogP contribution in [0.25, 0.3) is 10.2 Å². The number of amides is 1. The number of fused-ring (bicyclic) bond motifs is 3. The SMILES string of the molecule is CN(C)CC=CC(=O)N1C(F)(F)Cc2c(sc3ncnc(N[C@H](CO)c4ccccc4)c23)C1(F)F. The van der Waals surface area contributed by atoms with Gasteiger partial charge in [0, 0.05) is 12.6 Å². The molecule has 1 aliphatic rings. The summed E-state index contributed by atoms with van der Waals surface area (Å²) < 4.78 is 61.1. The number of halogens is 4. The monoisotopic (exact) mass is 509 g/mol. The number of thiophene rings is 1. The number of carbonyl (C=O) groups excluding carboxylic acids is 1. The average molecular weight is 510 g/mol. The zero-order valence-electron chi connectivity index (χ0n) is 18.9. The van der Waals surface area contributed by atoms with Gasteiger partial charge in [0.2, 0.25) is 0 Å². The van der Waals surface area contributed by atoms with Gasteiger partial charge in [-0.2, -0.15) is 17.6 Å². The van der Waals surface area contributed by atoms with Crippen LogP contribution in [0.4, 0.5) is 23.4 Å². The maximum Gasteiger partial charge on any atom is 0.369 e. The molecule has 0 spiro atoms. The van der Waals surface area contributed by atoms with E-state index in [1.165, 1.54) is 6.08 Å². The van der Waals surface area contributed by atoms with Crippen molar-refractivity contribution in [1.29, 1.82) is 0 Å². The molecule has 7 nitrogen and oxygen atoms in total. The fraction of sp³-hybridized carbons (Fsp3) is 0.348. The summed E-state index contributed by atoms with van der Waals surface area (Å²) >= 11 is 0.539. The van der Waals surface area contributed by atoms with Gasteiger partial charge in [-0.1, -0.05) is 36.4 Å². The Morgan fingerprint density at radius 2 is 1.97 bits per heavy atom. The van der Waals surface area contributed by atoms with Crippen molar-refractivity contribution in [2.45, 2.75) is 24.6 Å². The van der Waals surface area contributed by atoms with Crippen LogP contribution in [0.2, 0.25) is 0 Å². The number of anilines is 1. The zero-order chi connectivity index (χ0) is 25.4. The van der Waals surface area contributed by atoms with Gasteiger partial charge in [0.25, 0.3) is 5.91 Å². The number of hydrogen-bond acceptors (Lipinski definition) is 7. The normalized spacial score (nSPS) is 17.7. The number of carbonyl (C=O) groups is 1. The fourth-order valence-corrected chi connectivity index (χ4v) is 5.06. The van der Waals surface area contributed by atoms with Crippen LogP contribution in [0.3, 0.4) is 0 Å². The predicted molar refractivity (Wildman–Crippen MR) is 124 cm³/mol. The van der Waals surface area contributed by atoms with E-state index in [-0.39, 0.29) is 34.7 Å². The molecule has 1 aliphatic heterocycles. The van der Waals surface area contributed by atoms with Crippen molar-refractivity contribution in [2.24, 2.45) is 0 Å². The van der Waals surface area contributed by atoms with Crippen molar-refractivity contribution in [3.05, 3.63) is 64.8 Å². The van der Waals surface area contributed by atoms with E-state index < -0.39 is 40.2 Å². The van der Waals surface area contributed by atoms with Crippen LogP contribution in [0.5, 0.6) is 0 Å². The number of aliphatic hydroxyl groups excluding tert-OH is 1. The summed E-state index contributed by atoms with van der Waals surface area (Å²) in [5, 5.41) is 12.9. The molecule has 186 valence electrons. The number of nitrogens with zero attached hydrogens (tertiary/aromatic N) is 4. The minimum Gasteiger partial charge on any atom is -0.394 e. The Morgan fingerprint density at radius 1 is 1.26 bits per heavy atom. The van der Waals surface area contributed by atoms with Gasteiger partial charge >= 0.3 is 12.1 Å². The summed E-state index contributed by atoms with van der Waals surface area (Å²) in [6.45, 7) is -0.126.